The second-order valence-corrected chi connectivity index (χ2v) is 8.99. The molecule has 1 N–H and O–H groups in total. The van der Waals surface area contributed by atoms with Crippen molar-refractivity contribution in [2.75, 3.05) is 5.32 Å². The van der Waals surface area contributed by atoms with E-state index in [1.807, 2.05) is 0 Å². The van der Waals surface area contributed by atoms with Gasteiger partial charge < -0.3 is 5.32 Å². The molecule has 2 fully saturated rings. The van der Waals surface area contributed by atoms with Crippen LogP contribution >= 0.6 is 23.4 Å². The van der Waals surface area contributed by atoms with Crippen LogP contribution in [0.25, 0.3) is 0 Å². The van der Waals surface area contributed by atoms with Crippen LogP contribution in [-0.4, -0.2) is 33.2 Å². The Hall–Kier alpha value is -2.38. The first-order valence-corrected chi connectivity index (χ1v) is 11.1. The maximum Gasteiger partial charge on any atom is 0.242 e. The average molecular weight is 446 g/mol. The number of nitrogens with one attached hydrogen (secondary N) is 1. The standard InChI is InChI=1S/C22H21ClFN3O2S/c23-14-4-3-5-17(12-14)25-20(28)13-19-21(29)27(18-6-1-2-7-18)22(30-19)26-16-10-8-15(24)9-11-16/h3-5,8-12,18-19H,1-2,6-7,13H2,(H,25,28). The van der Waals surface area contributed by atoms with Gasteiger partial charge in [-0.25, -0.2) is 9.38 Å². The normalized spacial score (nSPS) is 20.9. The van der Waals surface area contributed by atoms with Crippen LogP contribution in [-0.2, 0) is 9.59 Å². The quantitative estimate of drug-likeness (QED) is 0.671. The third-order valence-electron chi connectivity index (χ3n) is 5.19. The van der Waals surface area contributed by atoms with Crippen molar-refractivity contribution in [1.29, 1.82) is 0 Å². The maximum absolute atomic E-state index is 13.2. The highest BCUT2D eigenvalue weighted by atomic mass is 35.5. The summed E-state index contributed by atoms with van der Waals surface area (Å²) in [5.74, 6) is -0.677. The maximum atomic E-state index is 13.2. The van der Waals surface area contributed by atoms with Crippen molar-refractivity contribution in [2.24, 2.45) is 4.99 Å². The largest absolute Gasteiger partial charge is 0.326 e. The predicted octanol–water partition coefficient (Wildman–Crippen LogP) is 5.38. The van der Waals surface area contributed by atoms with Gasteiger partial charge in [-0.1, -0.05) is 42.3 Å². The van der Waals surface area contributed by atoms with E-state index >= 15 is 0 Å². The molecule has 1 saturated carbocycles. The highest BCUT2D eigenvalue weighted by Gasteiger charge is 2.43. The van der Waals surface area contributed by atoms with Crippen molar-refractivity contribution in [1.82, 2.24) is 4.90 Å². The Morgan fingerprint density at radius 1 is 1.20 bits per heavy atom. The number of amidine groups is 1. The molecule has 1 aliphatic carbocycles. The fourth-order valence-corrected chi connectivity index (χ4v) is 5.17. The molecule has 0 radical (unpaired) electrons. The minimum Gasteiger partial charge on any atom is -0.326 e. The molecule has 4 rings (SSSR count). The number of halogens is 2. The first kappa shape index (κ1) is 20.9. The van der Waals surface area contributed by atoms with Crippen molar-refractivity contribution in [3.05, 3.63) is 59.4 Å². The Kier molecular flexibility index (Phi) is 6.39. The van der Waals surface area contributed by atoms with Crippen molar-refractivity contribution < 1.29 is 14.0 Å². The highest BCUT2D eigenvalue weighted by molar-refractivity contribution is 8.15. The van der Waals surface area contributed by atoms with Crippen LogP contribution in [0, 0.1) is 5.82 Å². The number of nitrogens with zero attached hydrogens (tertiary/aromatic N) is 2. The van der Waals surface area contributed by atoms with E-state index in [0.717, 1.165) is 25.7 Å². The lowest BCUT2D eigenvalue weighted by molar-refractivity contribution is -0.129. The number of anilines is 1. The van der Waals surface area contributed by atoms with Crippen LogP contribution < -0.4 is 5.32 Å². The number of benzene rings is 2. The Bertz CT molecular complexity index is 977. The van der Waals surface area contributed by atoms with E-state index < -0.39 is 5.25 Å². The summed E-state index contributed by atoms with van der Waals surface area (Å²) in [4.78, 5) is 32.0. The Balaban J connectivity index is 1.51. The van der Waals surface area contributed by atoms with E-state index in [0.29, 0.717) is 21.6 Å². The van der Waals surface area contributed by atoms with Gasteiger partial charge in [0.1, 0.15) is 11.1 Å². The molecule has 156 valence electrons. The average Bonchev–Trinajstić information content (AvgIpc) is 3.32. The second kappa shape index (κ2) is 9.18. The minimum absolute atomic E-state index is 0.0433. The molecule has 1 aliphatic heterocycles. The van der Waals surface area contributed by atoms with E-state index in [9.17, 15) is 14.0 Å². The molecular weight excluding hydrogens is 425 g/mol. The van der Waals surface area contributed by atoms with Crippen LogP contribution in [0.5, 0.6) is 0 Å². The zero-order chi connectivity index (χ0) is 21.1. The fourth-order valence-electron chi connectivity index (χ4n) is 3.76. The Morgan fingerprint density at radius 3 is 2.63 bits per heavy atom. The first-order valence-electron chi connectivity index (χ1n) is 9.89. The molecular formula is C22H21ClFN3O2S. The number of hydrogen-bond donors (Lipinski definition) is 1. The summed E-state index contributed by atoms with van der Waals surface area (Å²) in [5.41, 5.74) is 1.18. The number of hydrogen-bond acceptors (Lipinski definition) is 4. The molecule has 2 aromatic carbocycles. The lowest BCUT2D eigenvalue weighted by Crippen LogP contribution is -2.40. The smallest absolute Gasteiger partial charge is 0.242 e. The molecule has 2 amide bonds. The molecule has 1 heterocycles. The summed E-state index contributed by atoms with van der Waals surface area (Å²) in [5, 5.41) is 3.37. The van der Waals surface area contributed by atoms with Crippen LogP contribution in [0.15, 0.2) is 53.5 Å². The SMILES string of the molecule is O=C(CC1SC(=Nc2ccc(F)cc2)N(C2CCCC2)C1=O)Nc1cccc(Cl)c1. The molecule has 8 heteroatoms. The van der Waals surface area contributed by atoms with Crippen LogP contribution in [0.4, 0.5) is 15.8 Å². The fraction of sp³-hybridized carbons (Fsp3) is 0.318. The van der Waals surface area contributed by atoms with Crippen molar-refractivity contribution in [2.45, 2.75) is 43.4 Å². The molecule has 1 saturated heterocycles. The van der Waals surface area contributed by atoms with Crippen LogP contribution in [0.3, 0.4) is 0 Å². The van der Waals surface area contributed by atoms with E-state index in [4.69, 9.17) is 11.6 Å². The number of thioether (sulfide) groups is 1. The molecule has 30 heavy (non-hydrogen) atoms. The molecule has 2 aromatic rings. The van der Waals surface area contributed by atoms with Gasteiger partial charge in [0.2, 0.25) is 11.8 Å². The zero-order valence-corrected chi connectivity index (χ0v) is 17.8. The van der Waals surface area contributed by atoms with Gasteiger partial charge in [0.25, 0.3) is 0 Å². The highest BCUT2D eigenvalue weighted by Crippen LogP contribution is 2.37. The van der Waals surface area contributed by atoms with Crippen molar-refractivity contribution in [3.63, 3.8) is 0 Å². The van der Waals surface area contributed by atoms with Crippen molar-refractivity contribution >= 4 is 51.7 Å². The monoisotopic (exact) mass is 445 g/mol. The molecule has 1 unspecified atom stereocenters. The summed E-state index contributed by atoms with van der Waals surface area (Å²) < 4.78 is 13.2. The van der Waals surface area contributed by atoms with E-state index in [1.54, 1.807) is 41.3 Å². The molecule has 2 aliphatic rings. The third-order valence-corrected chi connectivity index (χ3v) is 6.57. The van der Waals surface area contributed by atoms with E-state index in [-0.39, 0.29) is 30.1 Å². The Morgan fingerprint density at radius 2 is 1.93 bits per heavy atom. The summed E-state index contributed by atoms with van der Waals surface area (Å²) in [7, 11) is 0. The van der Waals surface area contributed by atoms with E-state index in [2.05, 4.69) is 10.3 Å². The zero-order valence-electron chi connectivity index (χ0n) is 16.2. The van der Waals surface area contributed by atoms with Crippen LogP contribution in [0.2, 0.25) is 5.02 Å². The minimum atomic E-state index is -0.538. The topological polar surface area (TPSA) is 61.8 Å². The molecule has 5 nitrogen and oxygen atoms in total. The van der Waals surface area contributed by atoms with Gasteiger partial charge >= 0.3 is 0 Å². The van der Waals surface area contributed by atoms with Gasteiger partial charge in [-0.2, -0.15) is 0 Å². The van der Waals surface area contributed by atoms with Crippen LogP contribution in [0.1, 0.15) is 32.1 Å². The number of aliphatic imine (C=N–C) groups is 1. The summed E-state index contributed by atoms with van der Waals surface area (Å²) >= 11 is 7.26. The molecule has 0 spiro atoms. The summed E-state index contributed by atoms with van der Waals surface area (Å²) in [6.45, 7) is 0. The van der Waals surface area contributed by atoms with Gasteiger partial charge in [0.05, 0.1) is 5.69 Å². The van der Waals surface area contributed by atoms with E-state index in [1.165, 1.54) is 23.9 Å². The third kappa shape index (κ3) is 4.84. The number of carbonyl (C=O) groups excluding carboxylic acids is 2. The molecule has 0 aromatic heterocycles. The second-order valence-electron chi connectivity index (χ2n) is 7.39. The summed E-state index contributed by atoms with van der Waals surface area (Å²) in [6.07, 6.45) is 4.04. The number of amides is 2. The van der Waals surface area contributed by atoms with Gasteiger partial charge in [-0.15, -0.1) is 0 Å². The lowest BCUT2D eigenvalue weighted by Gasteiger charge is -2.23. The number of rotatable bonds is 5. The first-order chi connectivity index (χ1) is 14.5. The van der Waals surface area contributed by atoms with Gasteiger partial charge in [0.15, 0.2) is 5.17 Å². The predicted molar refractivity (Wildman–Crippen MR) is 119 cm³/mol. The van der Waals surface area contributed by atoms with Crippen molar-refractivity contribution in [3.8, 4) is 0 Å². The van der Waals surface area contributed by atoms with Gasteiger partial charge in [-0.05, 0) is 55.3 Å². The summed E-state index contributed by atoms with van der Waals surface area (Å²) in [6, 6.07) is 12.8. The Labute approximate surface area is 183 Å². The molecule has 1 atom stereocenters. The molecule has 0 bridgehead atoms. The van der Waals surface area contributed by atoms with Gasteiger partial charge in [0, 0.05) is 23.2 Å². The van der Waals surface area contributed by atoms with Gasteiger partial charge in [-0.3, -0.25) is 14.5 Å². The lowest BCUT2D eigenvalue weighted by atomic mass is 10.2. The number of carbonyl (C=O) groups is 2.